The standard InChI is InChI=1S/C10H15NO2/c1-3-8(2)9(10(12)13)11-6-4-5-7-11/h3,9H,1-2,4-7H2,(H,12,13)/t9-/m1/s1. The van der Waals surface area contributed by atoms with Gasteiger partial charge in [-0.25, -0.2) is 0 Å². The van der Waals surface area contributed by atoms with Gasteiger partial charge in [-0.3, -0.25) is 9.69 Å². The molecule has 1 rings (SSSR count). The van der Waals surface area contributed by atoms with E-state index < -0.39 is 12.0 Å². The Hall–Kier alpha value is -1.09. The minimum atomic E-state index is -0.827. The predicted molar refractivity (Wildman–Crippen MR) is 51.6 cm³/mol. The van der Waals surface area contributed by atoms with Gasteiger partial charge in [0.15, 0.2) is 0 Å². The van der Waals surface area contributed by atoms with Gasteiger partial charge in [0.25, 0.3) is 0 Å². The molecule has 0 radical (unpaired) electrons. The van der Waals surface area contributed by atoms with Crippen molar-refractivity contribution in [3.8, 4) is 0 Å². The first-order valence-corrected chi connectivity index (χ1v) is 4.45. The summed E-state index contributed by atoms with van der Waals surface area (Å²) in [4.78, 5) is 12.9. The Labute approximate surface area is 78.4 Å². The largest absolute Gasteiger partial charge is 0.480 e. The summed E-state index contributed by atoms with van der Waals surface area (Å²) < 4.78 is 0. The lowest BCUT2D eigenvalue weighted by Crippen LogP contribution is -2.40. The second-order valence-corrected chi connectivity index (χ2v) is 3.26. The number of hydrogen-bond acceptors (Lipinski definition) is 2. The van der Waals surface area contributed by atoms with Crippen LogP contribution in [0, 0.1) is 0 Å². The van der Waals surface area contributed by atoms with Crippen molar-refractivity contribution in [3.63, 3.8) is 0 Å². The highest BCUT2D eigenvalue weighted by atomic mass is 16.4. The maximum Gasteiger partial charge on any atom is 0.325 e. The minimum absolute atomic E-state index is 0.569. The number of nitrogens with zero attached hydrogens (tertiary/aromatic N) is 1. The molecular formula is C10H15NO2. The van der Waals surface area contributed by atoms with Crippen LogP contribution in [0.1, 0.15) is 12.8 Å². The average Bonchev–Trinajstić information content (AvgIpc) is 2.56. The summed E-state index contributed by atoms with van der Waals surface area (Å²) in [5.41, 5.74) is 0.578. The zero-order valence-electron chi connectivity index (χ0n) is 7.70. The van der Waals surface area contributed by atoms with E-state index in [1.165, 1.54) is 6.08 Å². The number of carboxylic acids is 1. The summed E-state index contributed by atoms with van der Waals surface area (Å²) in [5.74, 6) is -0.827. The Morgan fingerprint density at radius 2 is 2.00 bits per heavy atom. The third kappa shape index (κ3) is 2.18. The number of hydrogen-bond donors (Lipinski definition) is 1. The second kappa shape index (κ2) is 4.23. The highest BCUT2D eigenvalue weighted by molar-refractivity contribution is 5.78. The molecule has 0 aromatic rings. The van der Waals surface area contributed by atoms with Crippen molar-refractivity contribution in [2.24, 2.45) is 0 Å². The van der Waals surface area contributed by atoms with E-state index >= 15 is 0 Å². The molecule has 0 spiro atoms. The van der Waals surface area contributed by atoms with Crippen LogP contribution in [0.4, 0.5) is 0 Å². The summed E-state index contributed by atoms with van der Waals surface area (Å²) in [6, 6.07) is -0.569. The van der Waals surface area contributed by atoms with Gasteiger partial charge in [-0.2, -0.15) is 0 Å². The molecule has 1 aliphatic heterocycles. The first-order valence-electron chi connectivity index (χ1n) is 4.45. The molecule has 1 aliphatic rings. The lowest BCUT2D eigenvalue weighted by atomic mass is 10.1. The third-order valence-electron chi connectivity index (χ3n) is 2.35. The van der Waals surface area contributed by atoms with Crippen LogP contribution in [0.15, 0.2) is 24.8 Å². The molecule has 0 amide bonds. The van der Waals surface area contributed by atoms with Gasteiger partial charge >= 0.3 is 5.97 Å². The SMILES string of the molecule is C=CC(=C)[C@H](C(=O)O)N1CCCC1. The maximum atomic E-state index is 10.9. The number of likely N-dealkylation sites (tertiary alicyclic amines) is 1. The fraction of sp³-hybridized carbons (Fsp3) is 0.500. The van der Waals surface area contributed by atoms with Crippen molar-refractivity contribution >= 4 is 5.97 Å². The Morgan fingerprint density at radius 3 is 2.38 bits per heavy atom. The fourth-order valence-corrected chi connectivity index (χ4v) is 1.66. The second-order valence-electron chi connectivity index (χ2n) is 3.26. The van der Waals surface area contributed by atoms with Crippen molar-refractivity contribution in [2.75, 3.05) is 13.1 Å². The van der Waals surface area contributed by atoms with Gasteiger partial charge in [-0.15, -0.1) is 0 Å². The molecule has 1 heterocycles. The molecule has 1 saturated heterocycles. The lowest BCUT2D eigenvalue weighted by Gasteiger charge is -2.23. The topological polar surface area (TPSA) is 40.5 Å². The summed E-state index contributed by atoms with van der Waals surface area (Å²) in [7, 11) is 0. The summed E-state index contributed by atoms with van der Waals surface area (Å²) in [6.45, 7) is 8.95. The van der Waals surface area contributed by atoms with Crippen molar-refractivity contribution in [2.45, 2.75) is 18.9 Å². The van der Waals surface area contributed by atoms with Gasteiger partial charge in [0.2, 0.25) is 0 Å². The van der Waals surface area contributed by atoms with Crippen molar-refractivity contribution in [1.29, 1.82) is 0 Å². The molecule has 13 heavy (non-hydrogen) atoms. The van der Waals surface area contributed by atoms with Crippen molar-refractivity contribution in [1.82, 2.24) is 4.90 Å². The molecule has 1 fully saturated rings. The Bertz CT molecular complexity index is 229. The van der Waals surface area contributed by atoms with Gasteiger partial charge in [-0.1, -0.05) is 19.2 Å². The normalized spacial score (nSPS) is 19.7. The molecule has 3 nitrogen and oxygen atoms in total. The Morgan fingerprint density at radius 1 is 1.46 bits per heavy atom. The zero-order chi connectivity index (χ0) is 9.84. The smallest absolute Gasteiger partial charge is 0.325 e. The predicted octanol–water partition coefficient (Wildman–Crippen LogP) is 1.28. The van der Waals surface area contributed by atoms with Crippen molar-refractivity contribution < 1.29 is 9.90 Å². The highest BCUT2D eigenvalue weighted by Gasteiger charge is 2.28. The monoisotopic (exact) mass is 181 g/mol. The molecule has 0 aromatic heterocycles. The number of carboxylic acid groups (broad SMARTS) is 1. The lowest BCUT2D eigenvalue weighted by molar-refractivity contribution is -0.141. The van der Waals surface area contributed by atoms with E-state index in [0.29, 0.717) is 5.57 Å². The van der Waals surface area contributed by atoms with Crippen LogP contribution in [0.3, 0.4) is 0 Å². The van der Waals surface area contributed by atoms with E-state index in [0.717, 1.165) is 25.9 Å². The van der Waals surface area contributed by atoms with Crippen LogP contribution < -0.4 is 0 Å². The van der Waals surface area contributed by atoms with Crippen molar-refractivity contribution in [3.05, 3.63) is 24.8 Å². The zero-order valence-corrected chi connectivity index (χ0v) is 7.70. The molecule has 72 valence electrons. The molecule has 0 bridgehead atoms. The average molecular weight is 181 g/mol. The maximum absolute atomic E-state index is 10.9. The van der Waals surface area contributed by atoms with Gasteiger partial charge in [0, 0.05) is 0 Å². The molecule has 1 N–H and O–H groups in total. The highest BCUT2D eigenvalue weighted by Crippen LogP contribution is 2.17. The Kier molecular flexibility index (Phi) is 3.25. The van der Waals surface area contributed by atoms with Gasteiger partial charge in [0.1, 0.15) is 6.04 Å². The first-order chi connectivity index (χ1) is 6.16. The fourth-order valence-electron chi connectivity index (χ4n) is 1.66. The number of aliphatic carboxylic acids is 1. The summed E-state index contributed by atoms with van der Waals surface area (Å²) in [6.07, 6.45) is 3.68. The van der Waals surface area contributed by atoms with E-state index in [1.807, 2.05) is 4.90 Å². The van der Waals surface area contributed by atoms with Gasteiger partial charge in [-0.05, 0) is 31.5 Å². The van der Waals surface area contributed by atoms with Crippen LogP contribution >= 0.6 is 0 Å². The van der Waals surface area contributed by atoms with Gasteiger partial charge in [0.05, 0.1) is 0 Å². The molecule has 0 saturated carbocycles. The van der Waals surface area contributed by atoms with E-state index in [-0.39, 0.29) is 0 Å². The molecular weight excluding hydrogens is 166 g/mol. The first kappa shape index (κ1) is 9.99. The van der Waals surface area contributed by atoms with Crippen LogP contribution in [-0.2, 0) is 4.79 Å². The molecule has 0 aliphatic carbocycles. The van der Waals surface area contributed by atoms with Crippen LogP contribution in [-0.4, -0.2) is 35.1 Å². The van der Waals surface area contributed by atoms with E-state index in [2.05, 4.69) is 13.2 Å². The molecule has 0 unspecified atom stereocenters. The Balaban J connectivity index is 2.71. The van der Waals surface area contributed by atoms with E-state index in [4.69, 9.17) is 5.11 Å². The molecule has 3 heteroatoms. The third-order valence-corrected chi connectivity index (χ3v) is 2.35. The minimum Gasteiger partial charge on any atom is -0.480 e. The van der Waals surface area contributed by atoms with Crippen LogP contribution in [0.25, 0.3) is 0 Å². The number of rotatable bonds is 4. The van der Waals surface area contributed by atoms with Crippen LogP contribution in [0.5, 0.6) is 0 Å². The summed E-state index contributed by atoms with van der Waals surface area (Å²) in [5, 5.41) is 8.98. The summed E-state index contributed by atoms with van der Waals surface area (Å²) >= 11 is 0. The van der Waals surface area contributed by atoms with Gasteiger partial charge < -0.3 is 5.11 Å². The van der Waals surface area contributed by atoms with E-state index in [9.17, 15) is 4.79 Å². The van der Waals surface area contributed by atoms with E-state index in [1.54, 1.807) is 0 Å². The van der Waals surface area contributed by atoms with Crippen LogP contribution in [0.2, 0.25) is 0 Å². The number of carbonyl (C=O) groups is 1. The molecule has 1 atom stereocenters. The molecule has 0 aromatic carbocycles. The quantitative estimate of drug-likeness (QED) is 0.664.